The third-order valence-corrected chi connectivity index (χ3v) is 4.17. The summed E-state index contributed by atoms with van der Waals surface area (Å²) in [6.07, 6.45) is 4.25. The first-order valence-corrected chi connectivity index (χ1v) is 7.06. The predicted octanol–water partition coefficient (Wildman–Crippen LogP) is 2.83. The zero-order valence-corrected chi connectivity index (χ0v) is 11.7. The third-order valence-electron chi connectivity index (χ3n) is 3.68. The number of aryl methyl sites for hydroxylation is 1. The summed E-state index contributed by atoms with van der Waals surface area (Å²) in [5, 5.41) is 0. The zero-order chi connectivity index (χ0) is 12.5. The van der Waals surface area contributed by atoms with E-state index in [0.717, 1.165) is 23.3 Å². The van der Waals surface area contributed by atoms with Crippen LogP contribution in [0.1, 0.15) is 29.4 Å². The second kappa shape index (κ2) is 4.86. The van der Waals surface area contributed by atoms with Crippen LogP contribution in [0.3, 0.4) is 0 Å². The number of imidazole rings is 1. The highest BCUT2D eigenvalue weighted by Crippen LogP contribution is 2.30. The Morgan fingerprint density at radius 3 is 3.11 bits per heavy atom. The van der Waals surface area contributed by atoms with Crippen LogP contribution in [0.5, 0.6) is 0 Å². The van der Waals surface area contributed by atoms with Gasteiger partial charge in [0.1, 0.15) is 5.82 Å². The molecule has 1 unspecified atom stereocenters. The Hall–Kier alpha value is -1.13. The maximum absolute atomic E-state index is 5.74. The summed E-state index contributed by atoms with van der Waals surface area (Å²) in [7, 11) is 0. The molecule has 0 saturated carbocycles. The van der Waals surface area contributed by atoms with E-state index in [1.165, 1.54) is 17.7 Å². The van der Waals surface area contributed by atoms with Crippen LogP contribution in [0.25, 0.3) is 0 Å². The smallest absolute Gasteiger partial charge is 0.122 e. The Morgan fingerprint density at radius 1 is 1.44 bits per heavy atom. The van der Waals surface area contributed by atoms with Crippen molar-refractivity contribution in [2.75, 3.05) is 0 Å². The average molecular weight is 306 g/mol. The summed E-state index contributed by atoms with van der Waals surface area (Å²) in [6, 6.07) is 8.60. The molecule has 3 nitrogen and oxygen atoms in total. The number of benzene rings is 1. The summed E-state index contributed by atoms with van der Waals surface area (Å²) in [5.41, 5.74) is 8.45. The van der Waals surface area contributed by atoms with Crippen LogP contribution >= 0.6 is 15.9 Å². The van der Waals surface area contributed by atoms with E-state index >= 15 is 0 Å². The topological polar surface area (TPSA) is 43.8 Å². The lowest BCUT2D eigenvalue weighted by atomic mass is 9.91. The van der Waals surface area contributed by atoms with Crippen molar-refractivity contribution in [2.24, 2.45) is 5.73 Å². The van der Waals surface area contributed by atoms with E-state index in [9.17, 15) is 0 Å². The molecule has 94 valence electrons. The van der Waals surface area contributed by atoms with Gasteiger partial charge in [-0.1, -0.05) is 28.1 Å². The highest BCUT2D eigenvalue weighted by molar-refractivity contribution is 9.10. The monoisotopic (exact) mass is 305 g/mol. The average Bonchev–Trinajstić information content (AvgIpc) is 2.80. The summed E-state index contributed by atoms with van der Waals surface area (Å²) in [4.78, 5) is 4.39. The van der Waals surface area contributed by atoms with Gasteiger partial charge in [-0.3, -0.25) is 0 Å². The molecule has 2 N–H and O–H groups in total. The van der Waals surface area contributed by atoms with Crippen LogP contribution in [-0.2, 0) is 19.5 Å². The van der Waals surface area contributed by atoms with Gasteiger partial charge in [-0.15, -0.1) is 0 Å². The van der Waals surface area contributed by atoms with E-state index in [1.807, 2.05) is 6.20 Å². The van der Waals surface area contributed by atoms with E-state index in [0.29, 0.717) is 12.5 Å². The molecule has 2 heterocycles. The van der Waals surface area contributed by atoms with Crippen molar-refractivity contribution >= 4 is 15.9 Å². The van der Waals surface area contributed by atoms with Crippen molar-refractivity contribution in [1.29, 1.82) is 0 Å². The molecule has 1 aromatic heterocycles. The van der Waals surface area contributed by atoms with Gasteiger partial charge in [0.05, 0.1) is 6.54 Å². The van der Waals surface area contributed by atoms with Crippen molar-refractivity contribution in [3.63, 3.8) is 0 Å². The Labute approximate surface area is 115 Å². The Kier molecular flexibility index (Phi) is 3.22. The molecule has 1 aromatic carbocycles. The fourth-order valence-corrected chi connectivity index (χ4v) is 3.12. The molecule has 18 heavy (non-hydrogen) atoms. The first-order chi connectivity index (χ1) is 8.78. The first-order valence-electron chi connectivity index (χ1n) is 6.26. The maximum atomic E-state index is 5.74. The van der Waals surface area contributed by atoms with Gasteiger partial charge in [-0.25, -0.2) is 4.98 Å². The summed E-state index contributed by atoms with van der Waals surface area (Å²) >= 11 is 3.54. The molecule has 0 bridgehead atoms. The molecule has 0 aliphatic carbocycles. The fourth-order valence-electron chi connectivity index (χ4n) is 2.71. The SMILES string of the molecule is NCc1ncc2n1CC(c1cccc(Br)c1)CC2. The lowest BCUT2D eigenvalue weighted by molar-refractivity contribution is 0.451. The third kappa shape index (κ3) is 2.10. The van der Waals surface area contributed by atoms with Crippen LogP contribution in [0.4, 0.5) is 0 Å². The van der Waals surface area contributed by atoms with Crippen molar-refractivity contribution in [1.82, 2.24) is 9.55 Å². The molecule has 3 rings (SSSR count). The van der Waals surface area contributed by atoms with E-state index in [2.05, 4.69) is 49.7 Å². The number of hydrogen-bond donors (Lipinski definition) is 1. The number of nitrogens with two attached hydrogens (primary N) is 1. The molecule has 0 amide bonds. The van der Waals surface area contributed by atoms with Crippen LogP contribution in [-0.4, -0.2) is 9.55 Å². The Bertz CT molecular complexity index is 548. The summed E-state index contributed by atoms with van der Waals surface area (Å²) < 4.78 is 3.44. The molecule has 1 atom stereocenters. The number of halogens is 1. The normalized spacial score (nSPS) is 18.7. The van der Waals surface area contributed by atoms with Crippen LogP contribution in [0.15, 0.2) is 34.9 Å². The predicted molar refractivity (Wildman–Crippen MR) is 75.3 cm³/mol. The molecular formula is C14H16BrN3. The van der Waals surface area contributed by atoms with E-state index in [1.54, 1.807) is 0 Å². The van der Waals surface area contributed by atoms with Crippen LogP contribution in [0, 0.1) is 0 Å². The van der Waals surface area contributed by atoms with Crippen molar-refractivity contribution in [2.45, 2.75) is 31.8 Å². The molecule has 4 heteroatoms. The lowest BCUT2D eigenvalue weighted by Gasteiger charge is -2.26. The standard InChI is InChI=1S/C14H16BrN3/c15-12-3-1-2-10(6-12)11-4-5-13-8-17-14(7-16)18(13)9-11/h1-3,6,8,11H,4-5,7,9,16H2. The molecule has 0 saturated heterocycles. The number of aromatic nitrogens is 2. The minimum atomic E-state index is 0.519. The molecule has 0 fully saturated rings. The minimum Gasteiger partial charge on any atom is -0.330 e. The minimum absolute atomic E-state index is 0.519. The second-order valence-electron chi connectivity index (χ2n) is 4.77. The highest BCUT2D eigenvalue weighted by atomic mass is 79.9. The number of hydrogen-bond acceptors (Lipinski definition) is 2. The van der Waals surface area contributed by atoms with Crippen molar-refractivity contribution in [3.8, 4) is 0 Å². The van der Waals surface area contributed by atoms with Crippen LogP contribution in [0.2, 0.25) is 0 Å². The van der Waals surface area contributed by atoms with Gasteiger partial charge in [0.25, 0.3) is 0 Å². The molecule has 0 radical (unpaired) electrons. The number of nitrogens with zero attached hydrogens (tertiary/aromatic N) is 2. The van der Waals surface area contributed by atoms with Gasteiger partial charge in [0.15, 0.2) is 0 Å². The number of rotatable bonds is 2. The van der Waals surface area contributed by atoms with Gasteiger partial charge in [-0.05, 0) is 30.5 Å². The Morgan fingerprint density at radius 2 is 2.33 bits per heavy atom. The quantitative estimate of drug-likeness (QED) is 0.927. The highest BCUT2D eigenvalue weighted by Gasteiger charge is 2.22. The first kappa shape index (κ1) is 11.9. The number of fused-ring (bicyclic) bond motifs is 1. The summed E-state index contributed by atoms with van der Waals surface area (Å²) in [6.45, 7) is 1.52. The van der Waals surface area contributed by atoms with Gasteiger partial charge in [0.2, 0.25) is 0 Å². The molecule has 1 aliphatic heterocycles. The van der Waals surface area contributed by atoms with E-state index in [4.69, 9.17) is 5.73 Å². The van der Waals surface area contributed by atoms with Crippen LogP contribution < -0.4 is 5.73 Å². The van der Waals surface area contributed by atoms with E-state index in [-0.39, 0.29) is 0 Å². The van der Waals surface area contributed by atoms with Gasteiger partial charge in [-0.2, -0.15) is 0 Å². The molecular weight excluding hydrogens is 290 g/mol. The lowest BCUT2D eigenvalue weighted by Crippen LogP contribution is -2.21. The maximum Gasteiger partial charge on any atom is 0.122 e. The molecule has 1 aliphatic rings. The van der Waals surface area contributed by atoms with Gasteiger partial charge in [0, 0.05) is 28.8 Å². The second-order valence-corrected chi connectivity index (χ2v) is 5.69. The fraction of sp³-hybridized carbons (Fsp3) is 0.357. The molecule has 0 spiro atoms. The van der Waals surface area contributed by atoms with Crippen molar-refractivity contribution in [3.05, 3.63) is 52.0 Å². The van der Waals surface area contributed by atoms with E-state index < -0.39 is 0 Å². The zero-order valence-electron chi connectivity index (χ0n) is 10.1. The molecule has 2 aromatic rings. The van der Waals surface area contributed by atoms with Gasteiger partial charge < -0.3 is 10.3 Å². The summed E-state index contributed by atoms with van der Waals surface area (Å²) in [5.74, 6) is 1.57. The Balaban J connectivity index is 1.90. The van der Waals surface area contributed by atoms with Gasteiger partial charge >= 0.3 is 0 Å². The van der Waals surface area contributed by atoms with Crippen molar-refractivity contribution < 1.29 is 0 Å². The largest absolute Gasteiger partial charge is 0.330 e.